The number of carbonyl (C=O) groups is 2. The number of ether oxygens (including phenoxy) is 1. The van der Waals surface area contributed by atoms with Gasteiger partial charge in [0.2, 0.25) is 10.0 Å². The number of sulfonamides is 1. The number of hydrogen-bond acceptors (Lipinski definition) is 5. The molecule has 0 aliphatic heterocycles. The second-order valence-corrected chi connectivity index (χ2v) is 10.9. The van der Waals surface area contributed by atoms with Crippen molar-refractivity contribution in [1.82, 2.24) is 9.62 Å². The molecule has 1 aromatic rings. The number of rotatable bonds is 7. The molecule has 2 aliphatic rings. The molecule has 0 unspecified atom stereocenters. The Labute approximate surface area is 185 Å². The van der Waals surface area contributed by atoms with E-state index in [1.165, 1.54) is 35.0 Å². The maximum atomic E-state index is 13.0. The van der Waals surface area contributed by atoms with E-state index in [4.69, 9.17) is 4.74 Å². The van der Waals surface area contributed by atoms with Crippen LogP contribution in [0.15, 0.2) is 29.2 Å². The SMILES string of the molecule is C[C@@H]1CCCC[C@@H]1NC(=O)COC(=O)c1cccc(S(=O)(=O)N(C)C2CCCCC2)c1. The number of nitrogens with zero attached hydrogens (tertiary/aromatic N) is 1. The van der Waals surface area contributed by atoms with Gasteiger partial charge in [-0.15, -0.1) is 0 Å². The molecule has 1 amide bonds. The average molecular weight is 451 g/mol. The largest absolute Gasteiger partial charge is 0.452 e. The Morgan fingerprint density at radius 1 is 1.06 bits per heavy atom. The van der Waals surface area contributed by atoms with Crippen molar-refractivity contribution < 1.29 is 22.7 Å². The summed E-state index contributed by atoms with van der Waals surface area (Å²) in [7, 11) is -2.10. The van der Waals surface area contributed by atoms with Crippen LogP contribution < -0.4 is 5.32 Å². The molecule has 0 aromatic heterocycles. The van der Waals surface area contributed by atoms with Gasteiger partial charge in [0.1, 0.15) is 0 Å². The molecule has 3 rings (SSSR count). The van der Waals surface area contributed by atoms with Crippen LogP contribution in [0.1, 0.15) is 75.1 Å². The fraction of sp³-hybridized carbons (Fsp3) is 0.652. The van der Waals surface area contributed by atoms with E-state index in [2.05, 4.69) is 12.2 Å². The first-order valence-corrected chi connectivity index (χ1v) is 12.8. The van der Waals surface area contributed by atoms with Crippen molar-refractivity contribution in [2.75, 3.05) is 13.7 Å². The highest BCUT2D eigenvalue weighted by Crippen LogP contribution is 2.27. The van der Waals surface area contributed by atoms with Crippen molar-refractivity contribution in [3.05, 3.63) is 29.8 Å². The summed E-state index contributed by atoms with van der Waals surface area (Å²) >= 11 is 0. The summed E-state index contributed by atoms with van der Waals surface area (Å²) < 4.78 is 32.6. The highest BCUT2D eigenvalue weighted by atomic mass is 32.2. The fourth-order valence-corrected chi connectivity index (χ4v) is 6.05. The molecule has 2 saturated carbocycles. The molecule has 0 bridgehead atoms. The zero-order valence-corrected chi connectivity index (χ0v) is 19.3. The molecule has 31 heavy (non-hydrogen) atoms. The molecular weight excluding hydrogens is 416 g/mol. The molecule has 0 heterocycles. The zero-order chi connectivity index (χ0) is 22.4. The van der Waals surface area contributed by atoms with Gasteiger partial charge < -0.3 is 10.1 Å². The van der Waals surface area contributed by atoms with E-state index in [1.54, 1.807) is 7.05 Å². The van der Waals surface area contributed by atoms with Crippen molar-refractivity contribution in [3.63, 3.8) is 0 Å². The average Bonchev–Trinajstić information content (AvgIpc) is 2.79. The second-order valence-electron chi connectivity index (χ2n) is 8.85. The van der Waals surface area contributed by atoms with E-state index in [-0.39, 0.29) is 35.1 Å². The number of benzene rings is 1. The number of hydrogen-bond donors (Lipinski definition) is 1. The summed E-state index contributed by atoms with van der Waals surface area (Å²) in [5.74, 6) is -0.617. The van der Waals surface area contributed by atoms with Crippen LogP contribution in [0.2, 0.25) is 0 Å². The lowest BCUT2D eigenvalue weighted by atomic mass is 9.86. The van der Waals surface area contributed by atoms with Gasteiger partial charge in [0.05, 0.1) is 10.5 Å². The Morgan fingerprint density at radius 3 is 2.45 bits per heavy atom. The van der Waals surface area contributed by atoms with E-state index < -0.39 is 16.0 Å². The summed E-state index contributed by atoms with van der Waals surface area (Å²) in [5.41, 5.74) is 0.122. The van der Waals surface area contributed by atoms with Crippen LogP contribution in [-0.4, -0.2) is 50.3 Å². The topological polar surface area (TPSA) is 92.8 Å². The number of esters is 1. The van der Waals surface area contributed by atoms with Gasteiger partial charge in [0, 0.05) is 19.1 Å². The van der Waals surface area contributed by atoms with E-state index in [0.717, 1.165) is 51.4 Å². The smallest absolute Gasteiger partial charge is 0.338 e. The first-order valence-electron chi connectivity index (χ1n) is 11.3. The molecule has 8 heteroatoms. The molecule has 2 aliphatic carbocycles. The van der Waals surface area contributed by atoms with Gasteiger partial charge in [-0.3, -0.25) is 4.79 Å². The minimum atomic E-state index is -3.70. The Hall–Kier alpha value is -1.93. The minimum Gasteiger partial charge on any atom is -0.452 e. The molecule has 0 spiro atoms. The lowest BCUT2D eigenvalue weighted by Gasteiger charge is -2.30. The molecule has 0 radical (unpaired) electrons. The quantitative estimate of drug-likeness (QED) is 0.642. The molecular formula is C23H34N2O5S. The summed E-state index contributed by atoms with van der Waals surface area (Å²) in [6.07, 6.45) is 9.19. The van der Waals surface area contributed by atoms with Crippen molar-refractivity contribution in [2.24, 2.45) is 5.92 Å². The van der Waals surface area contributed by atoms with Crippen LogP contribution >= 0.6 is 0 Å². The Balaban J connectivity index is 1.59. The number of nitrogens with one attached hydrogen (secondary N) is 1. The molecule has 7 nitrogen and oxygen atoms in total. The first kappa shape index (κ1) is 23.7. The first-order chi connectivity index (χ1) is 14.8. The van der Waals surface area contributed by atoms with Crippen LogP contribution in [0.4, 0.5) is 0 Å². The number of amides is 1. The normalized spacial score (nSPS) is 22.8. The molecule has 2 atom stereocenters. The third-order valence-electron chi connectivity index (χ3n) is 6.63. The Kier molecular flexibility index (Phi) is 8.11. The van der Waals surface area contributed by atoms with Crippen LogP contribution in [0.3, 0.4) is 0 Å². The molecule has 172 valence electrons. The molecule has 1 aromatic carbocycles. The zero-order valence-electron chi connectivity index (χ0n) is 18.5. The molecule has 2 fully saturated rings. The second kappa shape index (κ2) is 10.6. The van der Waals surface area contributed by atoms with E-state index in [1.807, 2.05) is 0 Å². The van der Waals surface area contributed by atoms with Crippen LogP contribution in [0.5, 0.6) is 0 Å². The van der Waals surface area contributed by atoms with Gasteiger partial charge in [-0.05, 0) is 49.8 Å². The predicted molar refractivity (Wildman–Crippen MR) is 118 cm³/mol. The third-order valence-corrected chi connectivity index (χ3v) is 8.53. The van der Waals surface area contributed by atoms with Crippen molar-refractivity contribution in [1.29, 1.82) is 0 Å². The van der Waals surface area contributed by atoms with Gasteiger partial charge in [-0.2, -0.15) is 4.31 Å². The predicted octanol–water partition coefficient (Wildman–Crippen LogP) is 3.49. The van der Waals surface area contributed by atoms with E-state index in [0.29, 0.717) is 5.92 Å². The maximum Gasteiger partial charge on any atom is 0.338 e. The standard InChI is InChI=1S/C23H34N2O5S/c1-17-9-6-7-14-21(17)24-22(26)16-30-23(27)18-10-8-13-20(15-18)31(28,29)25(2)19-11-4-3-5-12-19/h8,10,13,15,17,19,21H,3-7,9,11-12,14,16H2,1-2H3,(H,24,26)/t17-,21+/m1/s1. The summed E-state index contributed by atoms with van der Waals surface area (Å²) in [6.45, 7) is 1.74. The van der Waals surface area contributed by atoms with Crippen molar-refractivity contribution in [2.45, 2.75) is 81.7 Å². The van der Waals surface area contributed by atoms with Crippen LogP contribution in [-0.2, 0) is 19.6 Å². The number of carbonyl (C=O) groups excluding carboxylic acids is 2. The van der Waals surface area contributed by atoms with Gasteiger partial charge in [-0.1, -0.05) is 45.1 Å². The summed E-state index contributed by atoms with van der Waals surface area (Å²) in [6, 6.07) is 5.95. The Morgan fingerprint density at radius 2 is 1.74 bits per heavy atom. The highest BCUT2D eigenvalue weighted by Gasteiger charge is 2.29. The van der Waals surface area contributed by atoms with Gasteiger partial charge in [0.15, 0.2) is 6.61 Å². The third kappa shape index (κ3) is 6.07. The van der Waals surface area contributed by atoms with Gasteiger partial charge >= 0.3 is 5.97 Å². The van der Waals surface area contributed by atoms with E-state index in [9.17, 15) is 18.0 Å². The summed E-state index contributed by atoms with van der Waals surface area (Å²) in [4.78, 5) is 24.7. The minimum absolute atomic E-state index is 0.0137. The van der Waals surface area contributed by atoms with Crippen LogP contribution in [0.25, 0.3) is 0 Å². The lowest BCUT2D eigenvalue weighted by Crippen LogP contribution is -2.42. The van der Waals surface area contributed by atoms with Gasteiger partial charge in [-0.25, -0.2) is 13.2 Å². The lowest BCUT2D eigenvalue weighted by molar-refractivity contribution is -0.125. The van der Waals surface area contributed by atoms with Crippen molar-refractivity contribution >= 4 is 21.9 Å². The summed E-state index contributed by atoms with van der Waals surface area (Å²) in [5, 5.41) is 2.94. The Bertz CT molecular complexity index is 880. The fourth-order valence-electron chi connectivity index (χ4n) is 4.58. The maximum absolute atomic E-state index is 13.0. The van der Waals surface area contributed by atoms with Crippen LogP contribution in [0, 0.1) is 5.92 Å². The van der Waals surface area contributed by atoms with Gasteiger partial charge in [0.25, 0.3) is 5.91 Å². The van der Waals surface area contributed by atoms with Crippen molar-refractivity contribution in [3.8, 4) is 0 Å². The molecule has 1 N–H and O–H groups in total. The molecule has 0 saturated heterocycles. The monoisotopic (exact) mass is 450 g/mol. The van der Waals surface area contributed by atoms with E-state index >= 15 is 0 Å². The highest BCUT2D eigenvalue weighted by molar-refractivity contribution is 7.89.